The molecule has 0 spiro atoms. The zero-order chi connectivity index (χ0) is 35.0. The van der Waals surface area contributed by atoms with Crippen LogP contribution in [0.3, 0.4) is 0 Å². The summed E-state index contributed by atoms with van der Waals surface area (Å²) in [6.45, 7) is 5.83. The molecule has 0 bridgehead atoms. The second-order valence-corrected chi connectivity index (χ2v) is 14.1. The molecule has 4 atom stereocenters. The van der Waals surface area contributed by atoms with Gasteiger partial charge in [0.05, 0.1) is 12.1 Å². The van der Waals surface area contributed by atoms with Crippen LogP contribution in [0.5, 0.6) is 0 Å². The van der Waals surface area contributed by atoms with E-state index in [1.807, 2.05) is 40.1 Å². The molecular formula is C41H49N7O2. The minimum absolute atomic E-state index is 0.0690. The van der Waals surface area contributed by atoms with Gasteiger partial charge >= 0.3 is 0 Å². The lowest BCUT2D eigenvalue weighted by molar-refractivity contribution is -0.149. The number of hydrogen-bond acceptors (Lipinski definition) is 7. The highest BCUT2D eigenvalue weighted by atomic mass is 16.2. The fourth-order valence-corrected chi connectivity index (χ4v) is 7.27. The summed E-state index contributed by atoms with van der Waals surface area (Å²) in [5.41, 5.74) is 15.5. The van der Waals surface area contributed by atoms with Gasteiger partial charge in [0.15, 0.2) is 0 Å². The number of anilines is 1. The van der Waals surface area contributed by atoms with Gasteiger partial charge in [-0.2, -0.15) is 0 Å². The molecule has 4 aromatic carbocycles. The van der Waals surface area contributed by atoms with Gasteiger partial charge in [-0.05, 0) is 76.8 Å². The van der Waals surface area contributed by atoms with Gasteiger partial charge in [0.2, 0.25) is 11.8 Å². The van der Waals surface area contributed by atoms with Crippen LogP contribution in [-0.2, 0) is 22.4 Å². The Balaban J connectivity index is 1.20. The first-order valence-electron chi connectivity index (χ1n) is 17.8. The molecule has 50 heavy (non-hydrogen) atoms. The van der Waals surface area contributed by atoms with Crippen molar-refractivity contribution in [2.75, 3.05) is 25.0 Å². The lowest BCUT2D eigenvalue weighted by atomic mass is 9.93. The second-order valence-electron chi connectivity index (χ2n) is 14.1. The van der Waals surface area contributed by atoms with E-state index in [1.54, 1.807) is 6.20 Å². The summed E-state index contributed by atoms with van der Waals surface area (Å²) in [7, 11) is 0. The smallest absolute Gasteiger partial charge is 0.240 e. The molecule has 1 aromatic heterocycles. The van der Waals surface area contributed by atoms with Crippen LogP contribution in [0, 0.1) is 5.92 Å². The molecule has 6 rings (SSSR count). The molecular weight excluding hydrogens is 622 g/mol. The molecule has 1 unspecified atom stereocenters. The van der Waals surface area contributed by atoms with E-state index in [4.69, 9.17) is 11.5 Å². The number of carbonyl (C=O) groups excluding carboxylic acids is 2. The summed E-state index contributed by atoms with van der Waals surface area (Å²) in [5, 5.41) is 7.92. The van der Waals surface area contributed by atoms with Crippen molar-refractivity contribution in [3.63, 3.8) is 0 Å². The van der Waals surface area contributed by atoms with E-state index in [0.29, 0.717) is 44.8 Å². The normalized spacial score (nSPS) is 17.6. The number of nitrogens with two attached hydrogens (primary N) is 2. The van der Waals surface area contributed by atoms with Crippen LogP contribution in [0.1, 0.15) is 44.2 Å². The van der Waals surface area contributed by atoms with E-state index in [0.717, 1.165) is 51.3 Å². The number of aromatic nitrogens is 2. The van der Waals surface area contributed by atoms with Crippen molar-refractivity contribution in [2.45, 2.75) is 70.1 Å². The van der Waals surface area contributed by atoms with Gasteiger partial charge in [-0.15, -0.1) is 0 Å². The van der Waals surface area contributed by atoms with Crippen LogP contribution in [0.25, 0.3) is 21.5 Å². The highest BCUT2D eigenvalue weighted by Crippen LogP contribution is 2.26. The average Bonchev–Trinajstić information content (AvgIpc) is 3.13. The molecule has 5 N–H and O–H groups in total. The number of nitrogens with one attached hydrogen (secondary N) is 1. The van der Waals surface area contributed by atoms with Gasteiger partial charge in [-0.3, -0.25) is 9.59 Å². The van der Waals surface area contributed by atoms with Crippen molar-refractivity contribution < 1.29 is 9.59 Å². The third kappa shape index (κ3) is 8.64. The van der Waals surface area contributed by atoms with E-state index in [9.17, 15) is 9.59 Å². The van der Waals surface area contributed by atoms with Crippen LogP contribution in [-0.4, -0.2) is 75.4 Å². The maximum Gasteiger partial charge on any atom is 0.240 e. The first-order valence-corrected chi connectivity index (χ1v) is 17.8. The van der Waals surface area contributed by atoms with Crippen molar-refractivity contribution >= 4 is 39.2 Å². The topological polar surface area (TPSA) is 130 Å². The molecule has 9 nitrogen and oxygen atoms in total. The Kier molecular flexibility index (Phi) is 11.4. The van der Waals surface area contributed by atoms with Crippen molar-refractivity contribution in [1.29, 1.82) is 0 Å². The van der Waals surface area contributed by atoms with Crippen LogP contribution >= 0.6 is 0 Å². The number of piperazine rings is 1. The van der Waals surface area contributed by atoms with E-state index < -0.39 is 12.1 Å². The highest BCUT2D eigenvalue weighted by molar-refractivity contribution is 5.87. The van der Waals surface area contributed by atoms with Crippen LogP contribution < -0.4 is 16.8 Å². The minimum atomic E-state index is -0.699. The van der Waals surface area contributed by atoms with Crippen molar-refractivity contribution in [3.05, 3.63) is 115 Å². The second kappa shape index (κ2) is 16.2. The number of nitrogens with zero attached hydrogens (tertiary/aromatic N) is 4. The third-order valence-corrected chi connectivity index (χ3v) is 9.78. The van der Waals surface area contributed by atoms with Crippen LogP contribution in [0.2, 0.25) is 0 Å². The quantitative estimate of drug-likeness (QED) is 0.140. The van der Waals surface area contributed by atoms with E-state index >= 15 is 0 Å². The lowest BCUT2D eigenvalue weighted by Crippen LogP contribution is -2.65. The third-order valence-electron chi connectivity index (χ3n) is 9.78. The van der Waals surface area contributed by atoms with Gasteiger partial charge in [-0.25, -0.2) is 9.97 Å². The molecule has 0 saturated carbocycles. The number of rotatable bonds is 13. The van der Waals surface area contributed by atoms with E-state index in [2.05, 4.69) is 89.8 Å². The summed E-state index contributed by atoms with van der Waals surface area (Å²) in [6, 6.07) is 29.0. The monoisotopic (exact) mass is 671 g/mol. The van der Waals surface area contributed by atoms with Crippen molar-refractivity contribution in [2.24, 2.45) is 17.4 Å². The fourth-order valence-electron chi connectivity index (χ4n) is 7.27. The van der Waals surface area contributed by atoms with E-state index in [-0.39, 0.29) is 23.9 Å². The maximum absolute atomic E-state index is 14.3. The van der Waals surface area contributed by atoms with Gasteiger partial charge < -0.3 is 26.6 Å². The molecule has 0 radical (unpaired) electrons. The minimum Gasteiger partial charge on any atom is -0.370 e. The lowest BCUT2D eigenvalue weighted by Gasteiger charge is -2.48. The molecule has 5 aromatic rings. The molecule has 260 valence electrons. The zero-order valence-electron chi connectivity index (χ0n) is 29.1. The van der Waals surface area contributed by atoms with E-state index in [1.165, 1.54) is 6.33 Å². The Hall–Kier alpha value is -4.86. The summed E-state index contributed by atoms with van der Waals surface area (Å²) >= 11 is 0. The number of fused-ring (bicyclic) bond motifs is 2. The highest BCUT2D eigenvalue weighted by Gasteiger charge is 2.40. The fraction of sp³-hybridized carbons (Fsp3) is 0.366. The number of amides is 2. The van der Waals surface area contributed by atoms with Gasteiger partial charge in [0, 0.05) is 37.9 Å². The van der Waals surface area contributed by atoms with Gasteiger partial charge in [0.25, 0.3) is 0 Å². The molecule has 1 aliphatic rings. The Morgan fingerprint density at radius 2 is 1.30 bits per heavy atom. The largest absolute Gasteiger partial charge is 0.370 e. The average molecular weight is 672 g/mol. The number of hydrogen-bond donors (Lipinski definition) is 3. The molecule has 0 aliphatic carbocycles. The van der Waals surface area contributed by atoms with Gasteiger partial charge in [0.1, 0.15) is 12.1 Å². The Morgan fingerprint density at radius 1 is 0.760 bits per heavy atom. The molecule has 2 amide bonds. The number of carbonyl (C=O) groups is 2. The SMILES string of the molecule is CC(C)C[C@@H]1CN(C(=O)[C@H](N)Cc2ccc3ccccc3c2)[C@@H](CCCNc2ccncn2)CN1C(=O)C(N)Cc1ccc2ccccc2c1. The predicted octanol–water partition coefficient (Wildman–Crippen LogP) is 5.57. The first kappa shape index (κ1) is 35.0. The number of benzene rings is 4. The first-order chi connectivity index (χ1) is 24.2. The Morgan fingerprint density at radius 3 is 1.84 bits per heavy atom. The molecule has 1 saturated heterocycles. The van der Waals surface area contributed by atoms with Crippen molar-refractivity contribution in [1.82, 2.24) is 19.8 Å². The zero-order valence-corrected chi connectivity index (χ0v) is 29.1. The predicted molar refractivity (Wildman–Crippen MR) is 201 cm³/mol. The Labute approximate surface area is 295 Å². The summed E-state index contributed by atoms with van der Waals surface area (Å²) in [5.74, 6) is 0.931. The standard InChI is InChI=1S/C41H49N7O2/c1-28(2)20-36-26-47(40(49)37(42)23-29-13-15-31-8-3-5-10-33(31)21-29)35(12-7-18-45-39-17-19-44-27-46-39)25-48(36)41(50)38(43)24-30-14-16-32-9-4-6-11-34(32)22-30/h3-6,8-11,13-17,19,21-22,27-28,35-38H,7,12,18,20,23-26,42-43H2,1-2H3,(H,44,45,46)/t35-,36+,37+,38?/m0/s1. The maximum atomic E-state index is 14.3. The van der Waals surface area contributed by atoms with Crippen LogP contribution in [0.15, 0.2) is 104 Å². The molecule has 1 aliphatic heterocycles. The molecule has 1 fully saturated rings. The molecule has 9 heteroatoms. The summed E-state index contributed by atoms with van der Waals surface area (Å²) in [4.78, 5) is 40.7. The summed E-state index contributed by atoms with van der Waals surface area (Å²) < 4.78 is 0. The Bertz CT molecular complexity index is 1900. The van der Waals surface area contributed by atoms with Crippen molar-refractivity contribution in [3.8, 4) is 0 Å². The summed E-state index contributed by atoms with van der Waals surface area (Å²) in [6.07, 6.45) is 6.34. The van der Waals surface area contributed by atoms with Crippen LogP contribution in [0.4, 0.5) is 5.82 Å². The molecule has 2 heterocycles. The van der Waals surface area contributed by atoms with Gasteiger partial charge in [-0.1, -0.05) is 98.8 Å².